The predicted molar refractivity (Wildman–Crippen MR) is 95.8 cm³/mol. The molecular weight excluding hydrogens is 387 g/mol. The fourth-order valence-electron chi connectivity index (χ4n) is 2.98. The number of hydrogen-bond acceptors (Lipinski definition) is 4. The third-order valence-electron chi connectivity index (χ3n) is 4.64. The van der Waals surface area contributed by atoms with Crippen LogP contribution in [-0.4, -0.2) is 27.9 Å². The molecule has 1 aromatic carbocycles. The Labute approximate surface area is 164 Å². The van der Waals surface area contributed by atoms with Gasteiger partial charge >= 0.3 is 6.03 Å². The van der Waals surface area contributed by atoms with Crippen molar-refractivity contribution in [3.8, 4) is 6.07 Å². The van der Waals surface area contributed by atoms with Crippen molar-refractivity contribution in [3.63, 3.8) is 0 Å². The maximum Gasteiger partial charge on any atom is 0.322 e. The highest BCUT2D eigenvalue weighted by Gasteiger charge is 2.33. The van der Waals surface area contributed by atoms with E-state index >= 15 is 0 Å². The van der Waals surface area contributed by atoms with E-state index in [1.807, 2.05) is 0 Å². The largest absolute Gasteiger partial charge is 0.346 e. The van der Waals surface area contributed by atoms with E-state index in [2.05, 4.69) is 15.6 Å². The minimum atomic E-state index is -1.10. The number of amides is 3. The summed E-state index contributed by atoms with van der Waals surface area (Å²) in [5.74, 6) is -3.56. The lowest BCUT2D eigenvalue weighted by Crippen LogP contribution is -2.51. The zero-order chi connectivity index (χ0) is 21.3. The lowest BCUT2D eigenvalue weighted by atomic mass is 10.1. The second-order valence-corrected chi connectivity index (χ2v) is 6.55. The minimum Gasteiger partial charge on any atom is -0.346 e. The predicted octanol–water partition coefficient (Wildman–Crippen LogP) is 2.98. The molecule has 0 spiro atoms. The average molecular weight is 403 g/mol. The van der Waals surface area contributed by atoms with Crippen LogP contribution in [0.2, 0.25) is 0 Å². The summed E-state index contributed by atoms with van der Waals surface area (Å²) in [6, 6.07) is 2.34. The standard InChI is InChI=1S/C19H16F3N5O2/c1-9(17-14(21)5-11(6-23)7-24-17)25-18(28)10(2)27-8-12-15(26-19(27)29)4-3-13(20)16(12)22/h3-5,7,9-10H,8H2,1-2H3,(H,25,28)(H,26,29)/t9-,10+/m1/s1. The molecule has 3 rings (SSSR count). The molecule has 3 amide bonds. The zero-order valence-electron chi connectivity index (χ0n) is 15.5. The molecule has 0 saturated carbocycles. The van der Waals surface area contributed by atoms with E-state index in [-0.39, 0.29) is 29.1 Å². The van der Waals surface area contributed by atoms with Gasteiger partial charge in [-0.3, -0.25) is 9.78 Å². The van der Waals surface area contributed by atoms with Gasteiger partial charge in [0, 0.05) is 11.8 Å². The monoisotopic (exact) mass is 403 g/mol. The Kier molecular flexibility index (Phi) is 5.41. The Bertz CT molecular complexity index is 1040. The van der Waals surface area contributed by atoms with Crippen LogP contribution in [0.3, 0.4) is 0 Å². The number of nitrogens with zero attached hydrogens (tertiary/aromatic N) is 3. The van der Waals surface area contributed by atoms with Crippen molar-refractivity contribution >= 4 is 17.6 Å². The number of carbonyl (C=O) groups excluding carboxylic acids is 2. The number of halogens is 3. The maximum atomic E-state index is 14.1. The van der Waals surface area contributed by atoms with E-state index in [1.54, 1.807) is 6.07 Å². The Morgan fingerprint density at radius 3 is 2.69 bits per heavy atom. The van der Waals surface area contributed by atoms with Gasteiger partial charge in [0.05, 0.1) is 29.5 Å². The summed E-state index contributed by atoms with van der Waals surface area (Å²) in [7, 11) is 0. The summed E-state index contributed by atoms with van der Waals surface area (Å²) < 4.78 is 41.6. The van der Waals surface area contributed by atoms with Crippen molar-refractivity contribution in [1.29, 1.82) is 5.26 Å². The Morgan fingerprint density at radius 1 is 1.31 bits per heavy atom. The molecule has 10 heteroatoms. The highest BCUT2D eigenvalue weighted by Crippen LogP contribution is 2.28. The average Bonchev–Trinajstić information content (AvgIpc) is 2.69. The quantitative estimate of drug-likeness (QED) is 0.820. The van der Waals surface area contributed by atoms with Gasteiger partial charge in [0.25, 0.3) is 0 Å². The summed E-state index contributed by atoms with van der Waals surface area (Å²) in [4.78, 5) is 29.7. The third kappa shape index (κ3) is 3.85. The summed E-state index contributed by atoms with van der Waals surface area (Å²) >= 11 is 0. The van der Waals surface area contributed by atoms with Gasteiger partial charge in [-0.15, -0.1) is 0 Å². The molecule has 29 heavy (non-hydrogen) atoms. The second-order valence-electron chi connectivity index (χ2n) is 6.55. The highest BCUT2D eigenvalue weighted by molar-refractivity contribution is 5.96. The molecule has 0 fully saturated rings. The van der Waals surface area contributed by atoms with Crippen molar-refractivity contribution < 1.29 is 22.8 Å². The number of carbonyl (C=O) groups is 2. The van der Waals surface area contributed by atoms with Crippen LogP contribution < -0.4 is 10.6 Å². The molecule has 2 aromatic rings. The third-order valence-corrected chi connectivity index (χ3v) is 4.64. The topological polar surface area (TPSA) is 98.1 Å². The smallest absolute Gasteiger partial charge is 0.322 e. The van der Waals surface area contributed by atoms with E-state index in [9.17, 15) is 22.8 Å². The van der Waals surface area contributed by atoms with Crippen molar-refractivity contribution in [2.45, 2.75) is 32.5 Å². The summed E-state index contributed by atoms with van der Waals surface area (Å²) in [5, 5.41) is 13.7. The van der Waals surface area contributed by atoms with E-state index in [0.717, 1.165) is 17.0 Å². The first-order chi connectivity index (χ1) is 13.7. The van der Waals surface area contributed by atoms with Crippen LogP contribution in [0.4, 0.5) is 23.7 Å². The van der Waals surface area contributed by atoms with Crippen LogP contribution >= 0.6 is 0 Å². The Balaban J connectivity index is 1.75. The number of anilines is 1. The zero-order valence-corrected chi connectivity index (χ0v) is 15.5. The number of rotatable bonds is 4. The molecular formula is C19H16F3N5O2. The molecule has 0 radical (unpaired) electrons. The molecule has 0 bridgehead atoms. The maximum absolute atomic E-state index is 14.1. The minimum absolute atomic E-state index is 0.0380. The van der Waals surface area contributed by atoms with Crippen LogP contribution in [0.25, 0.3) is 0 Å². The number of nitrogens with one attached hydrogen (secondary N) is 2. The molecule has 2 atom stereocenters. The van der Waals surface area contributed by atoms with Crippen molar-refractivity contribution in [2.24, 2.45) is 0 Å². The molecule has 2 heterocycles. The number of pyridine rings is 1. The second kappa shape index (κ2) is 7.79. The van der Waals surface area contributed by atoms with Crippen molar-refractivity contribution in [2.75, 3.05) is 5.32 Å². The molecule has 0 unspecified atom stereocenters. The number of benzene rings is 1. The first-order valence-electron chi connectivity index (χ1n) is 8.63. The number of aromatic nitrogens is 1. The van der Waals surface area contributed by atoms with Crippen LogP contribution in [0.1, 0.15) is 36.7 Å². The number of fused-ring (bicyclic) bond motifs is 1. The fraction of sp³-hybridized carbons (Fsp3) is 0.263. The van der Waals surface area contributed by atoms with E-state index in [0.29, 0.717) is 0 Å². The Hall–Kier alpha value is -3.61. The van der Waals surface area contributed by atoms with Crippen molar-refractivity contribution in [3.05, 3.63) is 58.7 Å². The lowest BCUT2D eigenvalue weighted by molar-refractivity contribution is -0.125. The van der Waals surface area contributed by atoms with Gasteiger partial charge in [0.1, 0.15) is 17.9 Å². The number of hydrogen-bond donors (Lipinski definition) is 2. The molecule has 7 nitrogen and oxygen atoms in total. The van der Waals surface area contributed by atoms with E-state index in [1.165, 1.54) is 26.1 Å². The van der Waals surface area contributed by atoms with E-state index < -0.39 is 41.5 Å². The van der Waals surface area contributed by atoms with Gasteiger partial charge in [-0.1, -0.05) is 0 Å². The van der Waals surface area contributed by atoms with Gasteiger partial charge in [0.2, 0.25) is 5.91 Å². The summed E-state index contributed by atoms with van der Waals surface area (Å²) in [5.41, 5.74) is 0.0224. The van der Waals surface area contributed by atoms with Gasteiger partial charge in [-0.25, -0.2) is 18.0 Å². The fourth-order valence-corrected chi connectivity index (χ4v) is 2.98. The molecule has 1 aliphatic heterocycles. The summed E-state index contributed by atoms with van der Waals surface area (Å²) in [6.07, 6.45) is 1.18. The highest BCUT2D eigenvalue weighted by atomic mass is 19.2. The summed E-state index contributed by atoms with van der Waals surface area (Å²) in [6.45, 7) is 2.59. The van der Waals surface area contributed by atoms with Gasteiger partial charge in [-0.05, 0) is 32.0 Å². The van der Waals surface area contributed by atoms with E-state index in [4.69, 9.17) is 5.26 Å². The lowest BCUT2D eigenvalue weighted by Gasteiger charge is -2.34. The SMILES string of the molecule is C[C@@H](NC(=O)[C@H](C)N1Cc2c(ccc(F)c2F)NC1=O)c1ncc(C#N)cc1F. The number of urea groups is 1. The van der Waals surface area contributed by atoms with Crippen LogP contribution in [0.5, 0.6) is 0 Å². The first kappa shape index (κ1) is 20.1. The van der Waals surface area contributed by atoms with Crippen LogP contribution in [0.15, 0.2) is 24.4 Å². The normalized spacial score (nSPS) is 15.0. The van der Waals surface area contributed by atoms with Crippen molar-refractivity contribution in [1.82, 2.24) is 15.2 Å². The Morgan fingerprint density at radius 2 is 2.03 bits per heavy atom. The van der Waals surface area contributed by atoms with Crippen LogP contribution in [-0.2, 0) is 11.3 Å². The molecule has 1 aromatic heterocycles. The molecule has 2 N–H and O–H groups in total. The van der Waals surface area contributed by atoms with Gasteiger partial charge < -0.3 is 15.5 Å². The van der Waals surface area contributed by atoms with Gasteiger partial charge in [-0.2, -0.15) is 5.26 Å². The molecule has 1 aliphatic rings. The van der Waals surface area contributed by atoms with Crippen LogP contribution in [0, 0.1) is 28.8 Å². The molecule has 0 aliphatic carbocycles. The number of nitriles is 1. The van der Waals surface area contributed by atoms with Gasteiger partial charge in [0.15, 0.2) is 11.6 Å². The molecule has 0 saturated heterocycles. The first-order valence-corrected chi connectivity index (χ1v) is 8.63. The molecule has 150 valence electrons.